The Morgan fingerprint density at radius 1 is 1.42 bits per heavy atom. The molecule has 2 rings (SSSR count). The van der Waals surface area contributed by atoms with Crippen molar-refractivity contribution in [2.75, 3.05) is 11.9 Å². The van der Waals surface area contributed by atoms with Crippen LogP contribution in [0.1, 0.15) is 21.8 Å². The van der Waals surface area contributed by atoms with E-state index in [0.717, 1.165) is 18.2 Å². The average Bonchev–Trinajstić information content (AvgIpc) is 2.86. The monoisotopic (exact) mass is 337 g/mol. The van der Waals surface area contributed by atoms with Gasteiger partial charge >= 0.3 is 5.97 Å². The van der Waals surface area contributed by atoms with Crippen molar-refractivity contribution in [1.29, 1.82) is 0 Å². The van der Waals surface area contributed by atoms with E-state index in [0.29, 0.717) is 5.69 Å². The van der Waals surface area contributed by atoms with Crippen molar-refractivity contribution in [3.63, 3.8) is 0 Å². The van der Waals surface area contributed by atoms with Gasteiger partial charge in [-0.2, -0.15) is 0 Å². The van der Waals surface area contributed by atoms with Crippen LogP contribution in [0.25, 0.3) is 0 Å². The first-order valence-corrected chi connectivity index (χ1v) is 6.63. The van der Waals surface area contributed by atoms with Gasteiger partial charge in [0.2, 0.25) is 0 Å². The minimum Gasteiger partial charge on any atom is -0.452 e. The van der Waals surface area contributed by atoms with Gasteiger partial charge in [0.05, 0.1) is 16.3 Å². The van der Waals surface area contributed by atoms with E-state index in [1.807, 2.05) is 0 Å². The molecule has 0 radical (unpaired) electrons. The Morgan fingerprint density at radius 3 is 2.71 bits per heavy atom. The number of halogens is 1. The van der Waals surface area contributed by atoms with Crippen LogP contribution >= 0.6 is 0 Å². The van der Waals surface area contributed by atoms with Crippen LogP contribution in [0.15, 0.2) is 22.7 Å². The molecule has 1 heterocycles. The topological polar surface area (TPSA) is 125 Å². The summed E-state index contributed by atoms with van der Waals surface area (Å²) in [5.74, 6) is -2.29. The summed E-state index contributed by atoms with van der Waals surface area (Å²) in [5.41, 5.74) is -0.367. The highest BCUT2D eigenvalue weighted by atomic mass is 19.1. The number of nitrogens with zero attached hydrogens (tertiary/aromatic N) is 2. The van der Waals surface area contributed by atoms with Crippen molar-refractivity contribution in [3.8, 4) is 0 Å². The Balaban J connectivity index is 2.00. The summed E-state index contributed by atoms with van der Waals surface area (Å²) >= 11 is 0. The van der Waals surface area contributed by atoms with E-state index in [2.05, 4.69) is 10.5 Å². The molecule has 2 aromatic rings. The van der Waals surface area contributed by atoms with Crippen molar-refractivity contribution in [2.24, 2.45) is 0 Å². The Bertz CT molecular complexity index is 797. The second-order valence-electron chi connectivity index (χ2n) is 4.74. The van der Waals surface area contributed by atoms with Crippen molar-refractivity contribution >= 4 is 23.3 Å². The lowest BCUT2D eigenvalue weighted by molar-refractivity contribution is -0.384. The molecule has 0 saturated heterocycles. The summed E-state index contributed by atoms with van der Waals surface area (Å²) in [7, 11) is 0. The largest absolute Gasteiger partial charge is 0.452 e. The van der Waals surface area contributed by atoms with Crippen molar-refractivity contribution < 1.29 is 28.2 Å². The maximum absolute atomic E-state index is 13.6. The maximum atomic E-state index is 13.6. The molecule has 0 unspecified atom stereocenters. The van der Waals surface area contributed by atoms with E-state index in [-0.39, 0.29) is 22.7 Å². The summed E-state index contributed by atoms with van der Waals surface area (Å²) in [4.78, 5) is 33.5. The predicted molar refractivity (Wildman–Crippen MR) is 77.9 cm³/mol. The molecule has 0 bridgehead atoms. The number of nitro benzene ring substituents is 1. The quantitative estimate of drug-likeness (QED) is 0.503. The van der Waals surface area contributed by atoms with Gasteiger partial charge in [0.15, 0.2) is 6.61 Å². The third kappa shape index (κ3) is 3.72. The van der Waals surface area contributed by atoms with Crippen LogP contribution in [0.3, 0.4) is 0 Å². The van der Waals surface area contributed by atoms with E-state index >= 15 is 0 Å². The standard InChI is InChI=1S/C14H12FN3O6/c1-7-13(8(2)24-17-7)14(20)23-6-12(19)16-11-5-9(18(21)22)3-4-10(11)15/h3-5H,6H2,1-2H3,(H,16,19). The summed E-state index contributed by atoms with van der Waals surface area (Å²) in [5, 5.41) is 16.3. The van der Waals surface area contributed by atoms with E-state index in [9.17, 15) is 24.1 Å². The van der Waals surface area contributed by atoms with Gasteiger partial charge in [0.25, 0.3) is 11.6 Å². The fraction of sp³-hybridized carbons (Fsp3) is 0.214. The number of aryl methyl sites for hydroxylation is 2. The number of nitro groups is 1. The number of amides is 1. The highest BCUT2D eigenvalue weighted by molar-refractivity contribution is 5.96. The highest BCUT2D eigenvalue weighted by Crippen LogP contribution is 2.21. The normalized spacial score (nSPS) is 10.3. The first kappa shape index (κ1) is 17.1. The molecular weight excluding hydrogens is 325 g/mol. The summed E-state index contributed by atoms with van der Waals surface area (Å²) in [6, 6.07) is 2.68. The summed E-state index contributed by atoms with van der Waals surface area (Å²) in [6.45, 7) is 2.34. The fourth-order valence-corrected chi connectivity index (χ4v) is 1.89. The van der Waals surface area contributed by atoms with E-state index in [1.165, 1.54) is 13.8 Å². The molecule has 0 saturated carbocycles. The number of hydrogen-bond donors (Lipinski definition) is 1. The minimum absolute atomic E-state index is 0.101. The fourth-order valence-electron chi connectivity index (χ4n) is 1.89. The molecule has 24 heavy (non-hydrogen) atoms. The molecule has 0 fully saturated rings. The maximum Gasteiger partial charge on any atom is 0.344 e. The van der Waals surface area contributed by atoms with Crippen LogP contribution in [0, 0.1) is 29.8 Å². The highest BCUT2D eigenvalue weighted by Gasteiger charge is 2.20. The molecule has 0 atom stereocenters. The van der Waals surface area contributed by atoms with Crippen molar-refractivity contribution in [3.05, 3.63) is 51.1 Å². The molecule has 0 aliphatic heterocycles. The van der Waals surface area contributed by atoms with Crippen LogP contribution in [-0.4, -0.2) is 28.6 Å². The number of ether oxygens (including phenoxy) is 1. The minimum atomic E-state index is -0.856. The molecule has 1 amide bonds. The molecule has 1 aromatic carbocycles. The second kappa shape index (κ2) is 6.86. The van der Waals surface area contributed by atoms with Gasteiger partial charge in [-0.25, -0.2) is 9.18 Å². The van der Waals surface area contributed by atoms with Crippen molar-refractivity contribution in [2.45, 2.75) is 13.8 Å². The summed E-state index contributed by atoms with van der Waals surface area (Å²) < 4.78 is 23.2. The lowest BCUT2D eigenvalue weighted by Gasteiger charge is -2.07. The van der Waals surface area contributed by atoms with Gasteiger partial charge in [-0.3, -0.25) is 14.9 Å². The first-order chi connectivity index (χ1) is 11.3. The second-order valence-corrected chi connectivity index (χ2v) is 4.74. The average molecular weight is 337 g/mol. The Kier molecular flexibility index (Phi) is 4.87. The number of rotatable bonds is 5. The Morgan fingerprint density at radius 2 is 2.12 bits per heavy atom. The molecule has 1 N–H and O–H groups in total. The molecule has 0 aliphatic rings. The van der Waals surface area contributed by atoms with Crippen molar-refractivity contribution in [1.82, 2.24) is 5.16 Å². The van der Waals surface area contributed by atoms with Gasteiger partial charge in [0.1, 0.15) is 17.1 Å². The van der Waals surface area contributed by atoms with E-state index in [1.54, 1.807) is 0 Å². The third-order valence-electron chi connectivity index (χ3n) is 3.01. The number of nitrogens with one attached hydrogen (secondary N) is 1. The van der Waals surface area contributed by atoms with Crippen LogP contribution in [0.2, 0.25) is 0 Å². The zero-order valence-corrected chi connectivity index (χ0v) is 12.7. The molecule has 10 heteroatoms. The molecule has 1 aromatic heterocycles. The number of aromatic nitrogens is 1. The zero-order valence-electron chi connectivity index (χ0n) is 12.7. The van der Waals surface area contributed by atoms with E-state index in [4.69, 9.17) is 9.26 Å². The number of benzene rings is 1. The van der Waals surface area contributed by atoms with Gasteiger partial charge in [-0.15, -0.1) is 0 Å². The number of esters is 1. The Hall–Kier alpha value is -3.30. The zero-order chi connectivity index (χ0) is 17.9. The van der Waals surface area contributed by atoms with Gasteiger partial charge < -0.3 is 14.6 Å². The molecule has 126 valence electrons. The van der Waals surface area contributed by atoms with Crippen LogP contribution in [-0.2, 0) is 9.53 Å². The number of hydrogen-bond acceptors (Lipinski definition) is 7. The van der Waals surface area contributed by atoms with E-state index < -0.39 is 29.2 Å². The number of carbonyl (C=O) groups excluding carboxylic acids is 2. The van der Waals surface area contributed by atoms with Gasteiger partial charge in [-0.1, -0.05) is 5.16 Å². The third-order valence-corrected chi connectivity index (χ3v) is 3.01. The van der Waals surface area contributed by atoms with Crippen LogP contribution in [0.4, 0.5) is 15.8 Å². The van der Waals surface area contributed by atoms with Gasteiger partial charge in [-0.05, 0) is 19.9 Å². The lowest BCUT2D eigenvalue weighted by atomic mass is 10.2. The Labute approximate surface area is 134 Å². The molecule has 0 spiro atoms. The lowest BCUT2D eigenvalue weighted by Crippen LogP contribution is -2.22. The summed E-state index contributed by atoms with van der Waals surface area (Å²) in [6.07, 6.45) is 0. The SMILES string of the molecule is Cc1noc(C)c1C(=O)OCC(=O)Nc1cc([N+](=O)[O-])ccc1F. The molecule has 0 aliphatic carbocycles. The molecule has 9 nitrogen and oxygen atoms in total. The van der Waals surface area contributed by atoms with Gasteiger partial charge in [0, 0.05) is 12.1 Å². The smallest absolute Gasteiger partial charge is 0.344 e. The first-order valence-electron chi connectivity index (χ1n) is 6.63. The number of non-ortho nitro benzene ring substituents is 1. The number of carbonyl (C=O) groups is 2. The van der Waals surface area contributed by atoms with Crippen LogP contribution in [0.5, 0.6) is 0 Å². The number of anilines is 1. The predicted octanol–water partition coefficient (Wildman–Crippen LogP) is 2.13. The van der Waals surface area contributed by atoms with Crippen LogP contribution < -0.4 is 5.32 Å². The molecular formula is C14H12FN3O6.